The third-order valence-corrected chi connectivity index (χ3v) is 6.70. The van der Waals surface area contributed by atoms with Crippen LogP contribution in [-0.2, 0) is 24.1 Å². The molecule has 0 radical (unpaired) electrons. The van der Waals surface area contributed by atoms with Crippen LogP contribution in [0.25, 0.3) is 0 Å². The van der Waals surface area contributed by atoms with Gasteiger partial charge in [0.2, 0.25) is 17.7 Å². The highest BCUT2D eigenvalue weighted by Gasteiger charge is 2.37. The Balaban J connectivity index is 1.14. The number of carbonyl (C=O) groups excluding carboxylic acids is 1. The predicted molar refractivity (Wildman–Crippen MR) is 119 cm³/mol. The molecule has 2 aromatic rings. The van der Waals surface area contributed by atoms with E-state index in [1.807, 2.05) is 18.0 Å². The summed E-state index contributed by atoms with van der Waals surface area (Å²) in [6, 6.07) is 11.4. The highest BCUT2D eigenvalue weighted by Crippen LogP contribution is 2.30. The summed E-state index contributed by atoms with van der Waals surface area (Å²) in [6.07, 6.45) is 9.95. The van der Waals surface area contributed by atoms with E-state index in [-0.39, 0.29) is 5.91 Å². The number of aryl methyl sites for hydroxylation is 3. The van der Waals surface area contributed by atoms with Gasteiger partial charge in [0, 0.05) is 44.9 Å². The second-order valence-corrected chi connectivity index (χ2v) is 9.01. The molecule has 0 bridgehead atoms. The van der Waals surface area contributed by atoms with Gasteiger partial charge in [0.15, 0.2) is 0 Å². The largest absolute Gasteiger partial charge is 0.425 e. The fourth-order valence-electron chi connectivity index (χ4n) is 4.86. The van der Waals surface area contributed by atoms with Gasteiger partial charge in [-0.05, 0) is 43.6 Å². The Hall–Kier alpha value is -2.25. The van der Waals surface area contributed by atoms with E-state index >= 15 is 0 Å². The Morgan fingerprint density at radius 1 is 1.03 bits per heavy atom. The lowest BCUT2D eigenvalue weighted by Crippen LogP contribution is -2.43. The minimum absolute atomic E-state index is 0.128. The molecule has 1 amide bonds. The Morgan fingerprint density at radius 3 is 2.61 bits per heavy atom. The van der Waals surface area contributed by atoms with Gasteiger partial charge in [0.25, 0.3) is 0 Å². The van der Waals surface area contributed by atoms with E-state index in [4.69, 9.17) is 4.42 Å². The lowest BCUT2D eigenvalue weighted by atomic mass is 9.81. The van der Waals surface area contributed by atoms with Crippen molar-refractivity contribution in [1.82, 2.24) is 25.9 Å². The minimum atomic E-state index is 0.128. The molecule has 31 heavy (non-hydrogen) atoms. The molecule has 7 heteroatoms. The molecule has 7 nitrogen and oxygen atoms in total. The molecule has 2 aliphatic rings. The Morgan fingerprint density at radius 2 is 1.77 bits per heavy atom. The molecule has 1 saturated heterocycles. The number of rotatable bonds is 10. The summed E-state index contributed by atoms with van der Waals surface area (Å²) in [5.41, 5.74) is 8.19. The Labute approximate surface area is 185 Å². The van der Waals surface area contributed by atoms with Crippen LogP contribution >= 0.6 is 0 Å². The summed E-state index contributed by atoms with van der Waals surface area (Å²) in [5.74, 6) is 1.99. The maximum atomic E-state index is 12.6. The highest BCUT2D eigenvalue weighted by molar-refractivity contribution is 5.76. The molecule has 0 spiro atoms. The van der Waals surface area contributed by atoms with Crippen molar-refractivity contribution in [3.05, 3.63) is 47.7 Å². The number of hydrazine groups is 1. The van der Waals surface area contributed by atoms with Gasteiger partial charge in [-0.25, -0.2) is 0 Å². The van der Waals surface area contributed by atoms with Gasteiger partial charge >= 0.3 is 0 Å². The molecule has 2 heterocycles. The zero-order chi connectivity index (χ0) is 21.5. The summed E-state index contributed by atoms with van der Waals surface area (Å²) in [6.45, 7) is 0.740. The number of carbonyl (C=O) groups is 1. The fourth-order valence-corrected chi connectivity index (χ4v) is 4.86. The van der Waals surface area contributed by atoms with E-state index in [1.165, 1.54) is 31.2 Å². The van der Waals surface area contributed by atoms with Gasteiger partial charge in [0.1, 0.15) is 0 Å². The number of likely N-dealkylation sites (N-methyl/N-ethyl adjacent to an activating group) is 1. The molecule has 1 aliphatic carbocycles. The smallest absolute Gasteiger partial charge is 0.222 e. The van der Waals surface area contributed by atoms with Crippen LogP contribution in [0.1, 0.15) is 62.3 Å². The number of benzene rings is 1. The summed E-state index contributed by atoms with van der Waals surface area (Å²) in [5, 5.41) is 8.28. The van der Waals surface area contributed by atoms with Crippen LogP contribution in [0.15, 0.2) is 34.7 Å². The molecule has 2 fully saturated rings. The van der Waals surface area contributed by atoms with Gasteiger partial charge in [-0.15, -0.1) is 10.2 Å². The predicted octanol–water partition coefficient (Wildman–Crippen LogP) is 3.06. The Kier molecular flexibility index (Phi) is 7.70. The number of hydrogen-bond acceptors (Lipinski definition) is 6. The van der Waals surface area contributed by atoms with E-state index in [2.05, 4.69) is 45.3 Å². The van der Waals surface area contributed by atoms with E-state index in [9.17, 15) is 4.79 Å². The zero-order valence-electron chi connectivity index (χ0n) is 18.6. The number of aromatic nitrogens is 2. The molecule has 168 valence electrons. The first-order chi connectivity index (χ1) is 15.2. The van der Waals surface area contributed by atoms with Crippen molar-refractivity contribution >= 4 is 5.91 Å². The Bertz CT molecular complexity index is 824. The van der Waals surface area contributed by atoms with Gasteiger partial charge in [0.05, 0.1) is 0 Å². The molecule has 4 rings (SSSR count). The maximum absolute atomic E-state index is 12.6. The van der Waals surface area contributed by atoms with Gasteiger partial charge < -0.3 is 9.32 Å². The lowest BCUT2D eigenvalue weighted by Gasteiger charge is -2.29. The zero-order valence-corrected chi connectivity index (χ0v) is 18.6. The first-order valence-corrected chi connectivity index (χ1v) is 11.8. The third kappa shape index (κ3) is 6.14. The first kappa shape index (κ1) is 22.0. The van der Waals surface area contributed by atoms with Crippen molar-refractivity contribution in [2.45, 2.75) is 76.3 Å². The van der Waals surface area contributed by atoms with Crippen LogP contribution in [-0.4, -0.2) is 46.7 Å². The number of nitrogens with one attached hydrogen (secondary N) is 2. The molecular formula is C24H35N5O2. The topological polar surface area (TPSA) is 83.3 Å². The van der Waals surface area contributed by atoms with Gasteiger partial charge in [-0.1, -0.05) is 43.2 Å². The molecular weight excluding hydrogens is 390 g/mol. The van der Waals surface area contributed by atoms with Crippen LogP contribution < -0.4 is 10.9 Å². The van der Waals surface area contributed by atoms with E-state index in [1.54, 1.807) is 0 Å². The average Bonchev–Trinajstić information content (AvgIpc) is 3.43. The lowest BCUT2D eigenvalue weighted by molar-refractivity contribution is -0.130. The average molecular weight is 426 g/mol. The molecule has 1 aromatic heterocycles. The standard InChI is InChI=1S/C24H35N5O2/c1-29(17-21-19-12-6-7-13-20(19)25-26-21)24(30)16-15-23-28-27-22(31-23)14-8-5-11-18-9-3-2-4-10-18/h2-4,9-10,19-21,25-26H,5-8,11-17H2,1H3. The van der Waals surface area contributed by atoms with Crippen LogP contribution in [0.2, 0.25) is 0 Å². The maximum Gasteiger partial charge on any atom is 0.222 e. The van der Waals surface area contributed by atoms with Crippen molar-refractivity contribution in [1.29, 1.82) is 0 Å². The van der Waals surface area contributed by atoms with Crippen LogP contribution in [0, 0.1) is 5.92 Å². The van der Waals surface area contributed by atoms with Crippen molar-refractivity contribution in [2.75, 3.05) is 13.6 Å². The van der Waals surface area contributed by atoms with E-state index in [0.717, 1.165) is 32.2 Å². The number of fused-ring (bicyclic) bond motifs is 1. The van der Waals surface area contributed by atoms with Crippen molar-refractivity contribution < 1.29 is 9.21 Å². The van der Waals surface area contributed by atoms with Crippen molar-refractivity contribution in [2.24, 2.45) is 5.92 Å². The molecule has 1 aliphatic heterocycles. The number of amides is 1. The molecule has 3 atom stereocenters. The van der Waals surface area contributed by atoms with Crippen molar-refractivity contribution in [3.63, 3.8) is 0 Å². The second-order valence-electron chi connectivity index (χ2n) is 9.01. The number of hydrogen-bond donors (Lipinski definition) is 2. The third-order valence-electron chi connectivity index (χ3n) is 6.70. The SMILES string of the molecule is CN(CC1NNC2CCCCC21)C(=O)CCc1nnc(CCCCc2ccccc2)o1. The van der Waals surface area contributed by atoms with Gasteiger partial charge in [-0.3, -0.25) is 15.6 Å². The van der Waals surface area contributed by atoms with Crippen LogP contribution in [0.3, 0.4) is 0 Å². The highest BCUT2D eigenvalue weighted by atomic mass is 16.4. The summed E-state index contributed by atoms with van der Waals surface area (Å²) >= 11 is 0. The first-order valence-electron chi connectivity index (χ1n) is 11.8. The van der Waals surface area contributed by atoms with E-state index in [0.29, 0.717) is 42.6 Å². The fraction of sp³-hybridized carbons (Fsp3) is 0.625. The summed E-state index contributed by atoms with van der Waals surface area (Å²) in [4.78, 5) is 14.4. The van der Waals surface area contributed by atoms with Gasteiger partial charge in [-0.2, -0.15) is 0 Å². The monoisotopic (exact) mass is 425 g/mol. The molecule has 1 saturated carbocycles. The van der Waals surface area contributed by atoms with Crippen molar-refractivity contribution in [3.8, 4) is 0 Å². The number of unbranched alkanes of at least 4 members (excludes halogenated alkanes) is 1. The quantitative estimate of drug-likeness (QED) is 0.569. The molecule has 2 N–H and O–H groups in total. The summed E-state index contributed by atoms with van der Waals surface area (Å²) in [7, 11) is 1.89. The normalized spacial score (nSPS) is 22.9. The minimum Gasteiger partial charge on any atom is -0.425 e. The van der Waals surface area contributed by atoms with Crippen LogP contribution in [0.4, 0.5) is 0 Å². The number of nitrogens with zero attached hydrogens (tertiary/aromatic N) is 3. The molecule has 3 unspecified atom stereocenters. The molecule has 1 aromatic carbocycles. The van der Waals surface area contributed by atoms with E-state index < -0.39 is 0 Å². The van der Waals surface area contributed by atoms with Crippen LogP contribution in [0.5, 0.6) is 0 Å². The second kappa shape index (κ2) is 10.9. The summed E-state index contributed by atoms with van der Waals surface area (Å²) < 4.78 is 5.75.